The summed E-state index contributed by atoms with van der Waals surface area (Å²) < 4.78 is 0. The van der Waals surface area contributed by atoms with Crippen molar-refractivity contribution >= 4 is 88.7 Å². The predicted octanol–water partition coefficient (Wildman–Crippen LogP) is 6.03. The third kappa shape index (κ3) is 2.89. The van der Waals surface area contributed by atoms with E-state index in [0.717, 1.165) is 31.9 Å². The highest BCUT2D eigenvalue weighted by atomic mass is 35.8. The molecule has 4 aromatic rings. The van der Waals surface area contributed by atoms with Gasteiger partial charge < -0.3 is 0 Å². The summed E-state index contributed by atoms with van der Waals surface area (Å²) in [6.45, 7) is 0. The molecule has 0 fully saturated rings. The second-order valence-corrected chi connectivity index (χ2v) is 25.8. The van der Waals surface area contributed by atoms with Gasteiger partial charge in [0.15, 0.2) is 0 Å². The highest BCUT2D eigenvalue weighted by molar-refractivity contribution is 7.98. The molecule has 0 aliphatic rings. The van der Waals surface area contributed by atoms with Gasteiger partial charge in [-0.15, -0.1) is 44.3 Å². The lowest BCUT2D eigenvalue weighted by molar-refractivity contribution is 1.77. The Balaban J connectivity index is 1.96. The Morgan fingerprint density at radius 2 is 0.769 bits per heavy atom. The van der Waals surface area contributed by atoms with Crippen molar-refractivity contribution in [2.45, 2.75) is 0 Å². The molecule has 0 spiro atoms. The maximum atomic E-state index is 7.07. The van der Waals surface area contributed by atoms with Gasteiger partial charge in [-0.2, -0.15) is 0 Å². The first-order valence-electron chi connectivity index (χ1n) is 8.15. The van der Waals surface area contributed by atoms with Gasteiger partial charge in [0.2, 0.25) is 0 Å². The smallest absolute Gasteiger partial charge is 0.140 e. The zero-order valence-electron chi connectivity index (χ0n) is 13.6. The Kier molecular flexibility index (Phi) is 4.85. The molecule has 0 bridgehead atoms. The Bertz CT molecular complexity index is 1010. The molecule has 0 unspecified atom stereocenters. The maximum absolute atomic E-state index is 7.07. The highest BCUT2D eigenvalue weighted by Crippen LogP contribution is 2.36. The van der Waals surface area contributed by atoms with Crippen molar-refractivity contribution in [3.05, 3.63) is 84.9 Å². The minimum Gasteiger partial charge on any atom is -0.140 e. The second-order valence-electron chi connectivity index (χ2n) is 6.20. The average Bonchev–Trinajstić information content (AvgIpc) is 2.66. The number of hydrogen-bond acceptors (Lipinski definition) is 0. The van der Waals surface area contributed by atoms with Gasteiger partial charge in [0.25, 0.3) is 0 Å². The third-order valence-corrected chi connectivity index (χ3v) is 27.8. The molecule has 0 nitrogen and oxygen atoms in total. The van der Waals surface area contributed by atoms with Crippen molar-refractivity contribution in [1.82, 2.24) is 0 Å². The van der Waals surface area contributed by atoms with E-state index in [9.17, 15) is 0 Å². The van der Waals surface area contributed by atoms with E-state index in [0.29, 0.717) is 0 Å². The van der Waals surface area contributed by atoms with Crippen LogP contribution >= 0.6 is 44.3 Å². The van der Waals surface area contributed by atoms with Gasteiger partial charge in [-0.1, -0.05) is 84.9 Å². The van der Waals surface area contributed by atoms with Gasteiger partial charge in [-0.3, -0.25) is 0 Å². The summed E-state index contributed by atoms with van der Waals surface area (Å²) in [5.41, 5.74) is 0. The summed E-state index contributed by atoms with van der Waals surface area (Å²) in [5, 5.41) is 5.96. The van der Waals surface area contributed by atoms with Crippen LogP contribution in [0.5, 0.6) is 0 Å². The van der Waals surface area contributed by atoms with Gasteiger partial charge in [0, 0.05) is 0 Å². The molecular formula is C20H14Cl4Si2. The van der Waals surface area contributed by atoms with Crippen molar-refractivity contribution in [2.24, 2.45) is 0 Å². The zero-order chi connectivity index (χ0) is 18.4. The van der Waals surface area contributed by atoms with Gasteiger partial charge in [-0.05, 0) is 31.9 Å². The molecule has 4 rings (SSSR count). The topological polar surface area (TPSA) is 0 Å². The van der Waals surface area contributed by atoms with Gasteiger partial charge >= 0.3 is 12.4 Å². The minimum absolute atomic E-state index is 0.878. The van der Waals surface area contributed by atoms with Crippen molar-refractivity contribution in [3.63, 3.8) is 0 Å². The fourth-order valence-electron chi connectivity index (χ4n) is 3.34. The fourth-order valence-corrected chi connectivity index (χ4v) is 14.7. The van der Waals surface area contributed by atoms with E-state index in [2.05, 4.69) is 0 Å². The largest absolute Gasteiger partial charge is 0.307 e. The molecule has 0 saturated heterocycles. The molecule has 0 atom stereocenters. The van der Waals surface area contributed by atoms with E-state index in [1.807, 2.05) is 84.9 Å². The lowest BCUT2D eigenvalue weighted by Gasteiger charge is -2.30. The van der Waals surface area contributed by atoms with Crippen LogP contribution in [0.4, 0.5) is 0 Å². The normalized spacial score (nSPS) is 12.6. The molecule has 0 radical (unpaired) electrons. The van der Waals surface area contributed by atoms with Gasteiger partial charge in [0.1, 0.15) is 0 Å². The minimum atomic E-state index is -3.22. The lowest BCUT2D eigenvalue weighted by Crippen LogP contribution is -2.63. The van der Waals surface area contributed by atoms with E-state index in [1.165, 1.54) is 0 Å². The van der Waals surface area contributed by atoms with E-state index in [4.69, 9.17) is 44.3 Å². The van der Waals surface area contributed by atoms with Crippen molar-refractivity contribution in [1.29, 1.82) is 0 Å². The van der Waals surface area contributed by atoms with Crippen LogP contribution in [0.25, 0.3) is 21.5 Å². The van der Waals surface area contributed by atoms with Crippen molar-refractivity contribution < 1.29 is 0 Å². The van der Waals surface area contributed by atoms with Crippen LogP contribution in [-0.2, 0) is 0 Å². The number of benzene rings is 4. The Morgan fingerprint density at radius 1 is 0.423 bits per heavy atom. The molecule has 130 valence electrons. The van der Waals surface area contributed by atoms with Crippen LogP contribution in [0.1, 0.15) is 0 Å². The summed E-state index contributed by atoms with van der Waals surface area (Å²) in [4.78, 5) is 0. The first kappa shape index (κ1) is 18.4. The average molecular weight is 452 g/mol. The SMILES string of the molecule is Cl[Si](Cl)(c1cccc2ccccc12)[Si](Cl)(Cl)c1cccc2ccccc12. The first-order chi connectivity index (χ1) is 12.4. The monoisotopic (exact) mass is 450 g/mol. The van der Waals surface area contributed by atoms with Gasteiger partial charge in [-0.25, -0.2) is 0 Å². The van der Waals surface area contributed by atoms with Crippen LogP contribution in [0.15, 0.2) is 84.9 Å². The van der Waals surface area contributed by atoms with Crippen LogP contribution in [-0.4, -0.2) is 12.4 Å². The van der Waals surface area contributed by atoms with Gasteiger partial charge in [0.05, 0.1) is 0 Å². The quantitative estimate of drug-likeness (QED) is 0.263. The van der Waals surface area contributed by atoms with Crippen molar-refractivity contribution in [2.75, 3.05) is 0 Å². The summed E-state index contributed by atoms with van der Waals surface area (Å²) in [7, 11) is 0. The second kappa shape index (κ2) is 6.86. The molecule has 26 heavy (non-hydrogen) atoms. The highest BCUT2D eigenvalue weighted by Gasteiger charge is 2.57. The summed E-state index contributed by atoms with van der Waals surface area (Å²) in [5.74, 6) is 0. The van der Waals surface area contributed by atoms with E-state index < -0.39 is 12.4 Å². The molecule has 0 saturated carbocycles. The molecule has 0 aliphatic heterocycles. The van der Waals surface area contributed by atoms with E-state index >= 15 is 0 Å². The first-order valence-corrected chi connectivity index (χ1v) is 17.2. The predicted molar refractivity (Wildman–Crippen MR) is 122 cm³/mol. The van der Waals surface area contributed by atoms with Crippen LogP contribution in [0.3, 0.4) is 0 Å². The molecule has 0 heterocycles. The van der Waals surface area contributed by atoms with Crippen LogP contribution in [0.2, 0.25) is 0 Å². The molecule has 6 heteroatoms. The lowest BCUT2D eigenvalue weighted by atomic mass is 10.1. The number of fused-ring (bicyclic) bond motifs is 2. The molecule has 4 aromatic carbocycles. The van der Waals surface area contributed by atoms with E-state index in [1.54, 1.807) is 0 Å². The molecule has 0 N–H and O–H groups in total. The Labute approximate surface area is 172 Å². The molecular weight excluding hydrogens is 438 g/mol. The third-order valence-electron chi connectivity index (χ3n) is 4.65. The maximum Gasteiger partial charge on any atom is 0.307 e. The van der Waals surface area contributed by atoms with E-state index in [-0.39, 0.29) is 0 Å². The van der Waals surface area contributed by atoms with Crippen LogP contribution < -0.4 is 10.4 Å². The zero-order valence-corrected chi connectivity index (χ0v) is 18.6. The summed E-state index contributed by atoms with van der Waals surface area (Å²) in [6, 6.07) is 28.0. The van der Waals surface area contributed by atoms with Crippen LogP contribution in [0, 0.1) is 0 Å². The summed E-state index contributed by atoms with van der Waals surface area (Å²) in [6.07, 6.45) is -6.43. The fraction of sp³-hybridized carbons (Fsp3) is 0. The molecule has 0 aromatic heterocycles. The number of hydrogen-bond donors (Lipinski definition) is 0. The summed E-state index contributed by atoms with van der Waals surface area (Å²) >= 11 is 28.3. The molecule has 0 amide bonds. The Morgan fingerprint density at radius 3 is 1.19 bits per heavy atom. The number of halogens is 4. The number of rotatable bonds is 3. The van der Waals surface area contributed by atoms with Crippen molar-refractivity contribution in [3.8, 4) is 0 Å². The standard InChI is InChI=1S/C20H14Cl4Si2/c21-25(22,19-13-5-9-15-7-1-3-11-17(15)19)26(23,24)20-14-6-10-16-8-2-4-12-18(16)20/h1-14H. The Hall–Kier alpha value is -1.01. The molecule has 0 aliphatic carbocycles.